The van der Waals surface area contributed by atoms with Crippen molar-refractivity contribution in [2.45, 2.75) is 19.4 Å². The van der Waals surface area contributed by atoms with E-state index in [-0.39, 0.29) is 5.54 Å². The predicted molar refractivity (Wildman–Crippen MR) is 53.7 cm³/mol. The van der Waals surface area contributed by atoms with Gasteiger partial charge in [-0.25, -0.2) is 4.98 Å². The third-order valence-corrected chi connectivity index (χ3v) is 2.84. The summed E-state index contributed by atoms with van der Waals surface area (Å²) in [6.07, 6.45) is 0. The summed E-state index contributed by atoms with van der Waals surface area (Å²) in [4.78, 5) is 4.42. The molecule has 1 aromatic rings. The zero-order chi connectivity index (χ0) is 9.19. The molecule has 1 heterocycles. The highest BCUT2D eigenvalue weighted by molar-refractivity contribution is 7.13. The Kier molecular flexibility index (Phi) is 2.69. The third-order valence-electron chi connectivity index (χ3n) is 1.98. The van der Waals surface area contributed by atoms with Crippen molar-refractivity contribution in [1.29, 1.82) is 0 Å². The molecule has 3 nitrogen and oxygen atoms in total. The van der Waals surface area contributed by atoms with Gasteiger partial charge >= 0.3 is 0 Å². The van der Waals surface area contributed by atoms with Crippen LogP contribution in [0.15, 0.2) is 5.38 Å². The molecule has 0 unspecified atom stereocenters. The molecule has 2 N–H and O–H groups in total. The van der Waals surface area contributed by atoms with Crippen molar-refractivity contribution in [2.75, 3.05) is 19.4 Å². The van der Waals surface area contributed by atoms with Gasteiger partial charge in [-0.1, -0.05) is 0 Å². The molecule has 1 rings (SSSR count). The second-order valence-electron chi connectivity index (χ2n) is 3.16. The lowest BCUT2D eigenvalue weighted by Gasteiger charge is -2.21. The number of anilines is 1. The van der Waals surface area contributed by atoms with Gasteiger partial charge in [0.2, 0.25) is 0 Å². The van der Waals surface area contributed by atoms with E-state index in [1.165, 1.54) is 0 Å². The maximum Gasteiger partial charge on any atom is 0.182 e. The second-order valence-corrected chi connectivity index (χ2v) is 4.02. The molecule has 0 saturated heterocycles. The Labute approximate surface area is 77.2 Å². The average Bonchev–Trinajstić information content (AvgIpc) is 2.52. The minimum absolute atomic E-state index is 0.0361. The summed E-state index contributed by atoms with van der Waals surface area (Å²) in [6.45, 7) is 4.23. The molecular formula is C8H15N3S. The van der Waals surface area contributed by atoms with E-state index >= 15 is 0 Å². The largest absolute Gasteiger partial charge is 0.365 e. The monoisotopic (exact) mass is 185 g/mol. The predicted octanol–water partition coefficient (Wildman–Crippen LogP) is 1.64. The molecule has 0 fully saturated rings. The van der Waals surface area contributed by atoms with Crippen LogP contribution in [-0.2, 0) is 5.54 Å². The minimum Gasteiger partial charge on any atom is -0.365 e. The number of hydrogen-bond acceptors (Lipinski definition) is 4. The lowest BCUT2D eigenvalue weighted by Crippen LogP contribution is -2.33. The molecule has 68 valence electrons. The fourth-order valence-electron chi connectivity index (χ4n) is 0.804. The van der Waals surface area contributed by atoms with Gasteiger partial charge in [-0.05, 0) is 20.9 Å². The maximum atomic E-state index is 4.42. The zero-order valence-electron chi connectivity index (χ0n) is 7.93. The van der Waals surface area contributed by atoms with Gasteiger partial charge < -0.3 is 10.6 Å². The van der Waals surface area contributed by atoms with Gasteiger partial charge in [0.25, 0.3) is 0 Å². The standard InChI is InChI=1S/C8H15N3S/c1-8(2,10-4)6-5-12-7(9-3)11-6/h5,10H,1-4H3,(H,9,11). The van der Waals surface area contributed by atoms with Gasteiger partial charge in [-0.15, -0.1) is 11.3 Å². The third kappa shape index (κ3) is 1.76. The topological polar surface area (TPSA) is 37.0 Å². The minimum atomic E-state index is -0.0361. The molecule has 0 bridgehead atoms. The molecule has 0 radical (unpaired) electrons. The van der Waals surface area contributed by atoms with E-state index in [0.717, 1.165) is 10.8 Å². The number of nitrogens with zero attached hydrogens (tertiary/aromatic N) is 1. The van der Waals surface area contributed by atoms with Gasteiger partial charge in [0.1, 0.15) is 0 Å². The van der Waals surface area contributed by atoms with Gasteiger partial charge in [0.05, 0.1) is 11.2 Å². The number of hydrogen-bond donors (Lipinski definition) is 2. The quantitative estimate of drug-likeness (QED) is 0.751. The highest BCUT2D eigenvalue weighted by atomic mass is 32.1. The highest BCUT2D eigenvalue weighted by Gasteiger charge is 2.20. The van der Waals surface area contributed by atoms with E-state index in [2.05, 4.69) is 34.8 Å². The number of thiazole rings is 1. The number of nitrogens with one attached hydrogen (secondary N) is 2. The Morgan fingerprint density at radius 1 is 1.42 bits per heavy atom. The maximum absolute atomic E-state index is 4.42. The van der Waals surface area contributed by atoms with Gasteiger partial charge in [0, 0.05) is 12.4 Å². The van der Waals surface area contributed by atoms with Crippen molar-refractivity contribution < 1.29 is 0 Å². The summed E-state index contributed by atoms with van der Waals surface area (Å²) in [7, 11) is 3.83. The summed E-state index contributed by atoms with van der Waals surface area (Å²) < 4.78 is 0. The molecule has 1 aromatic heterocycles. The molecular weight excluding hydrogens is 170 g/mol. The molecule has 0 saturated carbocycles. The smallest absolute Gasteiger partial charge is 0.182 e. The Morgan fingerprint density at radius 2 is 2.08 bits per heavy atom. The molecule has 0 aromatic carbocycles. The molecule has 12 heavy (non-hydrogen) atoms. The molecule has 4 heteroatoms. The summed E-state index contributed by atoms with van der Waals surface area (Å²) in [5.41, 5.74) is 1.05. The van der Waals surface area contributed by atoms with E-state index < -0.39 is 0 Å². The van der Waals surface area contributed by atoms with E-state index in [4.69, 9.17) is 0 Å². The Bertz CT molecular complexity index is 255. The first kappa shape index (κ1) is 9.48. The zero-order valence-corrected chi connectivity index (χ0v) is 8.75. The lowest BCUT2D eigenvalue weighted by atomic mass is 10.0. The van der Waals surface area contributed by atoms with Gasteiger partial charge in [0.15, 0.2) is 5.13 Å². The lowest BCUT2D eigenvalue weighted by molar-refractivity contribution is 0.434. The van der Waals surface area contributed by atoms with Gasteiger partial charge in [-0.2, -0.15) is 0 Å². The number of rotatable bonds is 3. The van der Waals surface area contributed by atoms with Crippen LogP contribution in [0.5, 0.6) is 0 Å². The van der Waals surface area contributed by atoms with Crippen LogP contribution in [0, 0.1) is 0 Å². The Hall–Kier alpha value is -0.610. The van der Waals surface area contributed by atoms with Crippen molar-refractivity contribution >= 4 is 16.5 Å². The van der Waals surface area contributed by atoms with Crippen LogP contribution < -0.4 is 10.6 Å². The number of aromatic nitrogens is 1. The second kappa shape index (κ2) is 3.41. The summed E-state index contributed by atoms with van der Waals surface area (Å²) in [5.74, 6) is 0. The SMILES string of the molecule is CNc1nc(C(C)(C)NC)cs1. The molecule has 0 spiro atoms. The molecule has 0 atom stereocenters. The first-order valence-electron chi connectivity index (χ1n) is 3.93. The summed E-state index contributed by atoms with van der Waals surface area (Å²) in [5, 5.41) is 9.27. The van der Waals surface area contributed by atoms with Crippen LogP contribution in [0.25, 0.3) is 0 Å². The first-order chi connectivity index (χ1) is 5.60. The van der Waals surface area contributed by atoms with Crippen molar-refractivity contribution in [2.24, 2.45) is 0 Å². The first-order valence-corrected chi connectivity index (χ1v) is 4.81. The van der Waals surface area contributed by atoms with Crippen molar-refractivity contribution in [3.63, 3.8) is 0 Å². The van der Waals surface area contributed by atoms with E-state index in [0.29, 0.717) is 0 Å². The molecule has 0 amide bonds. The normalized spacial score (nSPS) is 11.7. The molecule has 0 aliphatic carbocycles. The van der Waals surface area contributed by atoms with Crippen LogP contribution >= 0.6 is 11.3 Å². The van der Waals surface area contributed by atoms with Crippen LogP contribution in [0.3, 0.4) is 0 Å². The van der Waals surface area contributed by atoms with E-state index in [1.54, 1.807) is 11.3 Å². The Balaban J connectivity index is 2.88. The van der Waals surface area contributed by atoms with Crippen molar-refractivity contribution in [1.82, 2.24) is 10.3 Å². The summed E-state index contributed by atoms with van der Waals surface area (Å²) in [6, 6.07) is 0. The Morgan fingerprint density at radius 3 is 2.50 bits per heavy atom. The average molecular weight is 185 g/mol. The van der Waals surface area contributed by atoms with Crippen LogP contribution in [0.4, 0.5) is 5.13 Å². The van der Waals surface area contributed by atoms with Gasteiger partial charge in [-0.3, -0.25) is 0 Å². The van der Waals surface area contributed by atoms with E-state index in [1.807, 2.05) is 14.1 Å². The fraction of sp³-hybridized carbons (Fsp3) is 0.625. The van der Waals surface area contributed by atoms with Crippen LogP contribution in [0.1, 0.15) is 19.5 Å². The van der Waals surface area contributed by atoms with E-state index in [9.17, 15) is 0 Å². The van der Waals surface area contributed by atoms with Crippen molar-refractivity contribution in [3.8, 4) is 0 Å². The molecule has 0 aliphatic rings. The highest BCUT2D eigenvalue weighted by Crippen LogP contribution is 2.23. The van der Waals surface area contributed by atoms with Crippen molar-refractivity contribution in [3.05, 3.63) is 11.1 Å². The van der Waals surface area contributed by atoms with Crippen LogP contribution in [-0.4, -0.2) is 19.1 Å². The van der Waals surface area contributed by atoms with Crippen LogP contribution in [0.2, 0.25) is 0 Å². The molecule has 0 aliphatic heterocycles. The fourth-order valence-corrected chi connectivity index (χ4v) is 1.64. The summed E-state index contributed by atoms with van der Waals surface area (Å²) >= 11 is 1.63.